The minimum atomic E-state index is -0.424. The van der Waals surface area contributed by atoms with E-state index in [2.05, 4.69) is 18.8 Å². The summed E-state index contributed by atoms with van der Waals surface area (Å²) in [4.78, 5) is 39.3. The largest absolute Gasteiger partial charge is 0.361 e. The van der Waals surface area contributed by atoms with E-state index in [1.165, 1.54) is 0 Å². The lowest BCUT2D eigenvalue weighted by atomic mass is 9.98. The van der Waals surface area contributed by atoms with Gasteiger partial charge in [-0.1, -0.05) is 37.6 Å². The Morgan fingerprint density at radius 3 is 2.63 bits per heavy atom. The first-order valence-corrected chi connectivity index (χ1v) is 13.9. The summed E-state index contributed by atoms with van der Waals surface area (Å²) in [6.07, 6.45) is 2.51. The Kier molecular flexibility index (Phi) is 7.44. The van der Waals surface area contributed by atoms with E-state index >= 15 is 0 Å². The summed E-state index contributed by atoms with van der Waals surface area (Å²) in [7, 11) is 0. The molecule has 0 bridgehead atoms. The minimum absolute atomic E-state index is 0.00433. The molecule has 0 aliphatic heterocycles. The Bertz CT molecular complexity index is 1620. The van der Waals surface area contributed by atoms with Gasteiger partial charge in [-0.15, -0.1) is 11.3 Å². The lowest BCUT2D eigenvalue weighted by molar-refractivity contribution is 0.0603. The normalized spacial score (nSPS) is 12.4. The number of aromatic amines is 1. The smallest absolute Gasteiger partial charge is 0.261 e. The molecule has 0 fully saturated rings. The Labute approximate surface area is 225 Å². The van der Waals surface area contributed by atoms with Crippen molar-refractivity contribution in [3.63, 3.8) is 0 Å². The second kappa shape index (κ2) is 10.9. The van der Waals surface area contributed by atoms with Crippen molar-refractivity contribution < 1.29 is 4.79 Å². The highest BCUT2D eigenvalue weighted by atomic mass is 32.1. The van der Waals surface area contributed by atoms with Crippen LogP contribution in [0.5, 0.6) is 0 Å². The van der Waals surface area contributed by atoms with E-state index in [9.17, 15) is 9.59 Å². The van der Waals surface area contributed by atoms with Crippen LogP contribution < -0.4 is 11.3 Å². The number of hydrogen-bond donors (Lipinski definition) is 2. The molecule has 7 nitrogen and oxygen atoms in total. The molecule has 1 atom stereocenters. The monoisotopic (exact) mass is 527 g/mol. The quantitative estimate of drug-likeness (QED) is 0.265. The highest BCUT2D eigenvalue weighted by molar-refractivity contribution is 7.09. The van der Waals surface area contributed by atoms with Gasteiger partial charge in [0.2, 0.25) is 0 Å². The number of benzene rings is 2. The van der Waals surface area contributed by atoms with E-state index in [1.807, 2.05) is 78.0 Å². The summed E-state index contributed by atoms with van der Waals surface area (Å²) in [6.45, 7) is 7.47. The second-order valence-corrected chi connectivity index (χ2v) is 11.1. The van der Waals surface area contributed by atoms with Crippen molar-refractivity contribution in [2.24, 2.45) is 11.7 Å². The number of thiophene rings is 1. The van der Waals surface area contributed by atoms with E-state index in [4.69, 9.17) is 10.7 Å². The molecule has 0 aliphatic rings. The number of carbonyl (C=O) groups excluding carboxylic acids is 1. The summed E-state index contributed by atoms with van der Waals surface area (Å²) in [5.74, 6) is 0.499. The number of nitrogens with one attached hydrogen (secondary N) is 1. The van der Waals surface area contributed by atoms with Crippen LogP contribution in [0, 0.1) is 12.8 Å². The molecule has 5 rings (SSSR count). The van der Waals surface area contributed by atoms with Gasteiger partial charge in [-0.3, -0.25) is 14.2 Å². The summed E-state index contributed by atoms with van der Waals surface area (Å²) in [6, 6.07) is 17.0. The van der Waals surface area contributed by atoms with Crippen molar-refractivity contribution in [2.75, 3.05) is 13.1 Å². The van der Waals surface area contributed by atoms with Crippen LogP contribution in [0.15, 0.2) is 71.0 Å². The predicted molar refractivity (Wildman–Crippen MR) is 155 cm³/mol. The average molecular weight is 528 g/mol. The summed E-state index contributed by atoms with van der Waals surface area (Å²) in [5.41, 5.74) is 9.04. The Balaban J connectivity index is 1.72. The summed E-state index contributed by atoms with van der Waals surface area (Å²) in [5, 5.41) is 3.54. The molecule has 1 amide bonds. The zero-order valence-corrected chi connectivity index (χ0v) is 22.8. The number of fused-ring (bicyclic) bond motifs is 2. The molecule has 0 spiro atoms. The van der Waals surface area contributed by atoms with Gasteiger partial charge in [0.1, 0.15) is 5.82 Å². The number of aromatic nitrogens is 3. The molecule has 0 aliphatic carbocycles. The first-order valence-electron chi connectivity index (χ1n) is 13.0. The van der Waals surface area contributed by atoms with Crippen molar-refractivity contribution in [1.82, 2.24) is 19.4 Å². The van der Waals surface area contributed by atoms with E-state index in [0.29, 0.717) is 48.3 Å². The Morgan fingerprint density at radius 1 is 1.16 bits per heavy atom. The van der Waals surface area contributed by atoms with Crippen molar-refractivity contribution in [3.05, 3.63) is 98.4 Å². The van der Waals surface area contributed by atoms with Crippen LogP contribution in [0.3, 0.4) is 0 Å². The molecule has 0 saturated heterocycles. The van der Waals surface area contributed by atoms with Crippen LogP contribution >= 0.6 is 11.3 Å². The first-order chi connectivity index (χ1) is 18.4. The third kappa shape index (κ3) is 5.01. The third-order valence-corrected chi connectivity index (χ3v) is 7.81. The van der Waals surface area contributed by atoms with Gasteiger partial charge in [-0.25, -0.2) is 4.98 Å². The van der Waals surface area contributed by atoms with Crippen LogP contribution in [0.4, 0.5) is 0 Å². The molecule has 38 heavy (non-hydrogen) atoms. The molecular formula is C30H33N5O2S. The Hall–Kier alpha value is -3.75. The molecule has 2 aromatic carbocycles. The van der Waals surface area contributed by atoms with Gasteiger partial charge in [0.05, 0.1) is 23.5 Å². The van der Waals surface area contributed by atoms with Crippen molar-refractivity contribution in [1.29, 1.82) is 0 Å². The Morgan fingerprint density at radius 2 is 1.95 bits per heavy atom. The zero-order valence-electron chi connectivity index (χ0n) is 22.0. The number of aryl methyl sites for hydroxylation is 1. The average Bonchev–Trinajstić information content (AvgIpc) is 3.59. The lowest BCUT2D eigenvalue weighted by Gasteiger charge is -2.35. The van der Waals surface area contributed by atoms with Crippen molar-refractivity contribution in [3.8, 4) is 0 Å². The number of amides is 1. The summed E-state index contributed by atoms with van der Waals surface area (Å²) < 4.78 is 1.76. The highest BCUT2D eigenvalue weighted by Gasteiger charge is 2.32. The number of carbonyl (C=O) groups is 1. The molecular weight excluding hydrogens is 494 g/mol. The standard InChI is InChI=1S/C30H33N5O2S/c1-19(2)27(34(14-5-12-31)29(36)21-9-7-20(3)8-10-21)28-33-26-17-25-22(11-13-32-25)16-24(26)30(37)35(28)18-23-6-4-15-38-23/h4,6-11,13,15-17,19,27,32H,5,12,14,18,31H2,1-3H3. The molecule has 3 aromatic heterocycles. The fourth-order valence-electron chi connectivity index (χ4n) is 5.01. The minimum Gasteiger partial charge on any atom is -0.361 e. The van der Waals surface area contributed by atoms with E-state index in [0.717, 1.165) is 21.3 Å². The van der Waals surface area contributed by atoms with Crippen LogP contribution in [0.1, 0.15) is 52.9 Å². The number of nitrogens with two attached hydrogens (primary N) is 1. The number of nitrogens with zero attached hydrogens (tertiary/aromatic N) is 3. The van der Waals surface area contributed by atoms with E-state index in [-0.39, 0.29) is 17.4 Å². The number of rotatable bonds is 9. The van der Waals surface area contributed by atoms with Gasteiger partial charge in [-0.05, 0) is 67.6 Å². The van der Waals surface area contributed by atoms with Crippen molar-refractivity contribution >= 4 is 39.0 Å². The van der Waals surface area contributed by atoms with Crippen LogP contribution in [-0.4, -0.2) is 38.4 Å². The van der Waals surface area contributed by atoms with Crippen LogP contribution in [-0.2, 0) is 6.54 Å². The third-order valence-electron chi connectivity index (χ3n) is 6.95. The molecule has 0 radical (unpaired) electrons. The SMILES string of the molecule is Cc1ccc(C(=O)N(CCCN)C(c2nc3cc4[nH]ccc4cc3c(=O)n2Cc2cccs2)C(C)C)cc1. The molecule has 0 saturated carbocycles. The number of H-pyrrole nitrogens is 1. The topological polar surface area (TPSA) is 97.0 Å². The maximum absolute atomic E-state index is 14.1. The fraction of sp³-hybridized carbons (Fsp3) is 0.300. The van der Waals surface area contributed by atoms with E-state index in [1.54, 1.807) is 15.9 Å². The second-order valence-electron chi connectivity index (χ2n) is 10.1. The van der Waals surface area contributed by atoms with Gasteiger partial charge in [0.15, 0.2) is 0 Å². The van der Waals surface area contributed by atoms with Gasteiger partial charge < -0.3 is 15.6 Å². The van der Waals surface area contributed by atoms with Crippen LogP contribution in [0.25, 0.3) is 21.8 Å². The number of hydrogen-bond acceptors (Lipinski definition) is 5. The van der Waals surface area contributed by atoms with Gasteiger partial charge in [0.25, 0.3) is 11.5 Å². The predicted octanol–water partition coefficient (Wildman–Crippen LogP) is 5.48. The lowest BCUT2D eigenvalue weighted by Crippen LogP contribution is -2.42. The molecule has 3 heterocycles. The highest BCUT2D eigenvalue weighted by Crippen LogP contribution is 2.31. The van der Waals surface area contributed by atoms with E-state index < -0.39 is 6.04 Å². The molecule has 1 unspecified atom stereocenters. The van der Waals surface area contributed by atoms with Gasteiger partial charge in [-0.2, -0.15) is 0 Å². The zero-order chi connectivity index (χ0) is 26.8. The summed E-state index contributed by atoms with van der Waals surface area (Å²) >= 11 is 1.60. The molecule has 5 aromatic rings. The van der Waals surface area contributed by atoms with Crippen molar-refractivity contribution in [2.45, 2.75) is 39.8 Å². The maximum atomic E-state index is 14.1. The fourth-order valence-corrected chi connectivity index (χ4v) is 5.70. The first kappa shape index (κ1) is 25.9. The molecule has 8 heteroatoms. The maximum Gasteiger partial charge on any atom is 0.261 e. The van der Waals surface area contributed by atoms with Gasteiger partial charge >= 0.3 is 0 Å². The molecule has 3 N–H and O–H groups in total. The molecule has 196 valence electrons. The van der Waals surface area contributed by atoms with Gasteiger partial charge in [0, 0.05) is 34.1 Å². The van der Waals surface area contributed by atoms with Crippen LogP contribution in [0.2, 0.25) is 0 Å².